The number of esters is 1. The van der Waals surface area contributed by atoms with Crippen molar-refractivity contribution in [2.45, 2.75) is 45.5 Å². The molecule has 1 rings (SSSR count). The summed E-state index contributed by atoms with van der Waals surface area (Å²) in [4.78, 5) is 25.2. The maximum absolute atomic E-state index is 12.1. The summed E-state index contributed by atoms with van der Waals surface area (Å²) >= 11 is 0. The Kier molecular flexibility index (Phi) is 5.22. The van der Waals surface area contributed by atoms with Gasteiger partial charge in [-0.3, -0.25) is 4.79 Å². The third kappa shape index (κ3) is 5.17. The van der Waals surface area contributed by atoms with E-state index in [0.717, 1.165) is 0 Å². The molecule has 2 N–H and O–H groups in total. The zero-order valence-corrected chi connectivity index (χ0v) is 13.3. The lowest BCUT2D eigenvalue weighted by atomic mass is 9.84. The standard InChI is InChI=1S/C14H25NO6/c1-13(2,3)21-12(17)15-7-9(11(16)20-5)6-10(8-15)14(4,18)19/h9-10,18-19H,6-8H2,1-5H3/t9?,10-/m0/s1. The van der Waals surface area contributed by atoms with E-state index < -0.39 is 35.3 Å². The predicted octanol–water partition coefficient (Wildman–Crippen LogP) is 0.733. The molecule has 1 unspecified atom stereocenters. The average Bonchev–Trinajstić information content (AvgIpc) is 2.34. The molecule has 1 aliphatic heterocycles. The van der Waals surface area contributed by atoms with E-state index in [1.54, 1.807) is 20.8 Å². The van der Waals surface area contributed by atoms with Crippen molar-refractivity contribution in [3.63, 3.8) is 0 Å². The lowest BCUT2D eigenvalue weighted by Gasteiger charge is -2.40. The van der Waals surface area contributed by atoms with Crippen LogP contribution in [0.1, 0.15) is 34.1 Å². The van der Waals surface area contributed by atoms with Crippen LogP contribution in [0.2, 0.25) is 0 Å². The molecule has 0 radical (unpaired) electrons. The van der Waals surface area contributed by atoms with Crippen molar-refractivity contribution in [2.75, 3.05) is 20.2 Å². The number of carbonyl (C=O) groups excluding carboxylic acids is 2. The van der Waals surface area contributed by atoms with Crippen molar-refractivity contribution in [2.24, 2.45) is 11.8 Å². The third-order valence-electron chi connectivity index (χ3n) is 3.41. The third-order valence-corrected chi connectivity index (χ3v) is 3.41. The molecule has 1 aliphatic rings. The highest BCUT2D eigenvalue weighted by Gasteiger charge is 2.42. The van der Waals surface area contributed by atoms with Crippen LogP contribution in [0.3, 0.4) is 0 Å². The van der Waals surface area contributed by atoms with Crippen molar-refractivity contribution in [3.8, 4) is 0 Å². The molecule has 0 bridgehead atoms. The topological polar surface area (TPSA) is 96.3 Å². The van der Waals surface area contributed by atoms with Gasteiger partial charge in [-0.05, 0) is 34.1 Å². The number of hydrogen-bond acceptors (Lipinski definition) is 6. The summed E-state index contributed by atoms with van der Waals surface area (Å²) in [5.41, 5.74) is -0.660. The molecule has 1 saturated heterocycles. The van der Waals surface area contributed by atoms with E-state index in [2.05, 4.69) is 0 Å². The van der Waals surface area contributed by atoms with Crippen LogP contribution >= 0.6 is 0 Å². The molecule has 0 aliphatic carbocycles. The Morgan fingerprint density at radius 3 is 2.14 bits per heavy atom. The van der Waals surface area contributed by atoms with Gasteiger partial charge in [-0.15, -0.1) is 0 Å². The van der Waals surface area contributed by atoms with Crippen molar-refractivity contribution in [1.29, 1.82) is 0 Å². The van der Waals surface area contributed by atoms with Gasteiger partial charge in [0, 0.05) is 19.0 Å². The molecule has 1 heterocycles. The van der Waals surface area contributed by atoms with Crippen LogP contribution in [0.15, 0.2) is 0 Å². The average molecular weight is 303 g/mol. The molecular formula is C14H25NO6. The minimum absolute atomic E-state index is 0.117. The SMILES string of the molecule is COC(=O)C1C[C@H](C(C)(O)O)CN(C(=O)OC(C)(C)C)C1. The van der Waals surface area contributed by atoms with Gasteiger partial charge < -0.3 is 24.6 Å². The number of carbonyl (C=O) groups is 2. The first-order chi connectivity index (χ1) is 9.44. The summed E-state index contributed by atoms with van der Waals surface area (Å²) in [5.74, 6) is -3.70. The number of ether oxygens (including phenoxy) is 2. The quantitative estimate of drug-likeness (QED) is 0.577. The fraction of sp³-hybridized carbons (Fsp3) is 0.857. The zero-order valence-electron chi connectivity index (χ0n) is 13.3. The Bertz CT molecular complexity index is 395. The smallest absolute Gasteiger partial charge is 0.410 e. The van der Waals surface area contributed by atoms with E-state index in [0.29, 0.717) is 0 Å². The number of nitrogens with zero attached hydrogens (tertiary/aromatic N) is 1. The van der Waals surface area contributed by atoms with Gasteiger partial charge in [0.15, 0.2) is 5.79 Å². The van der Waals surface area contributed by atoms with E-state index in [-0.39, 0.29) is 19.5 Å². The van der Waals surface area contributed by atoms with E-state index in [9.17, 15) is 19.8 Å². The van der Waals surface area contributed by atoms with Gasteiger partial charge in [-0.25, -0.2) is 4.79 Å². The molecular weight excluding hydrogens is 278 g/mol. The molecule has 0 aromatic heterocycles. The number of aliphatic hydroxyl groups is 2. The van der Waals surface area contributed by atoms with Crippen LogP contribution in [0.25, 0.3) is 0 Å². The molecule has 0 saturated carbocycles. The van der Waals surface area contributed by atoms with Gasteiger partial charge in [0.2, 0.25) is 0 Å². The lowest BCUT2D eigenvalue weighted by Crippen LogP contribution is -2.53. The number of methoxy groups -OCH3 is 1. The first-order valence-corrected chi connectivity index (χ1v) is 6.94. The molecule has 2 atom stereocenters. The van der Waals surface area contributed by atoms with Gasteiger partial charge in [0.05, 0.1) is 13.0 Å². The second-order valence-corrected chi connectivity index (χ2v) is 6.63. The van der Waals surface area contributed by atoms with Crippen molar-refractivity contribution < 1.29 is 29.3 Å². The molecule has 0 aromatic rings. The van der Waals surface area contributed by atoms with Crippen molar-refractivity contribution >= 4 is 12.1 Å². The Balaban J connectivity index is 2.88. The normalized spacial score (nSPS) is 23.7. The van der Waals surface area contributed by atoms with E-state index in [1.807, 2.05) is 0 Å². The Morgan fingerprint density at radius 1 is 1.14 bits per heavy atom. The number of piperidine rings is 1. The summed E-state index contributed by atoms with van der Waals surface area (Å²) in [6, 6.07) is 0. The maximum Gasteiger partial charge on any atom is 0.410 e. The number of rotatable bonds is 2. The minimum Gasteiger partial charge on any atom is -0.469 e. The Hall–Kier alpha value is -1.34. The summed E-state index contributed by atoms with van der Waals surface area (Å²) in [6.07, 6.45) is -0.333. The zero-order chi connectivity index (χ0) is 16.4. The molecule has 122 valence electrons. The lowest BCUT2D eigenvalue weighted by molar-refractivity contribution is -0.200. The second kappa shape index (κ2) is 6.19. The van der Waals surface area contributed by atoms with Crippen LogP contribution in [0.4, 0.5) is 4.79 Å². The highest BCUT2D eigenvalue weighted by molar-refractivity contribution is 5.75. The second-order valence-electron chi connectivity index (χ2n) is 6.63. The fourth-order valence-corrected chi connectivity index (χ4v) is 2.31. The maximum atomic E-state index is 12.1. The summed E-state index contributed by atoms with van der Waals surface area (Å²) < 4.78 is 9.97. The van der Waals surface area contributed by atoms with Crippen LogP contribution in [-0.2, 0) is 14.3 Å². The van der Waals surface area contributed by atoms with E-state index in [1.165, 1.54) is 18.9 Å². The van der Waals surface area contributed by atoms with Gasteiger partial charge in [0.25, 0.3) is 0 Å². The molecule has 7 heteroatoms. The monoisotopic (exact) mass is 303 g/mol. The summed E-state index contributed by atoms with van der Waals surface area (Å²) in [6.45, 7) is 6.73. The van der Waals surface area contributed by atoms with Crippen LogP contribution in [-0.4, -0.2) is 58.8 Å². The van der Waals surface area contributed by atoms with Gasteiger partial charge in [0.1, 0.15) is 5.60 Å². The molecule has 0 spiro atoms. The first kappa shape index (κ1) is 17.7. The predicted molar refractivity (Wildman–Crippen MR) is 74.3 cm³/mol. The highest BCUT2D eigenvalue weighted by atomic mass is 16.6. The number of amides is 1. The first-order valence-electron chi connectivity index (χ1n) is 6.94. The Labute approximate surface area is 124 Å². The minimum atomic E-state index is -1.98. The van der Waals surface area contributed by atoms with E-state index in [4.69, 9.17) is 9.47 Å². The van der Waals surface area contributed by atoms with Crippen molar-refractivity contribution in [3.05, 3.63) is 0 Å². The molecule has 0 aromatic carbocycles. The highest BCUT2D eigenvalue weighted by Crippen LogP contribution is 2.30. The Morgan fingerprint density at radius 2 is 1.71 bits per heavy atom. The molecule has 7 nitrogen and oxygen atoms in total. The molecule has 21 heavy (non-hydrogen) atoms. The molecule has 1 amide bonds. The van der Waals surface area contributed by atoms with Gasteiger partial charge >= 0.3 is 12.1 Å². The summed E-state index contributed by atoms with van der Waals surface area (Å²) in [5, 5.41) is 19.5. The van der Waals surface area contributed by atoms with Crippen LogP contribution in [0.5, 0.6) is 0 Å². The van der Waals surface area contributed by atoms with Crippen molar-refractivity contribution in [1.82, 2.24) is 4.90 Å². The van der Waals surface area contributed by atoms with E-state index >= 15 is 0 Å². The fourth-order valence-electron chi connectivity index (χ4n) is 2.31. The van der Waals surface area contributed by atoms with Gasteiger partial charge in [-0.1, -0.05) is 0 Å². The van der Waals surface area contributed by atoms with Crippen LogP contribution < -0.4 is 0 Å². The largest absolute Gasteiger partial charge is 0.469 e. The molecule has 1 fully saturated rings. The van der Waals surface area contributed by atoms with Crippen LogP contribution in [0, 0.1) is 11.8 Å². The van der Waals surface area contributed by atoms with Gasteiger partial charge in [-0.2, -0.15) is 0 Å². The number of likely N-dealkylation sites (tertiary alicyclic amines) is 1. The summed E-state index contributed by atoms with van der Waals surface area (Å²) in [7, 11) is 1.26. The number of hydrogen-bond donors (Lipinski definition) is 2.